The minimum atomic E-state index is -0.442. The second-order valence-electron chi connectivity index (χ2n) is 8.69. The quantitative estimate of drug-likeness (QED) is 0.372. The van der Waals surface area contributed by atoms with E-state index in [0.717, 1.165) is 28.9 Å². The van der Waals surface area contributed by atoms with Gasteiger partial charge in [0.05, 0.1) is 18.2 Å². The molecule has 1 heterocycles. The van der Waals surface area contributed by atoms with Gasteiger partial charge in [0.15, 0.2) is 5.11 Å². The topological polar surface area (TPSA) is 82.7 Å². The first kappa shape index (κ1) is 25.2. The van der Waals surface area contributed by atoms with E-state index in [0.29, 0.717) is 23.0 Å². The molecule has 180 valence electrons. The highest BCUT2D eigenvalue weighted by molar-refractivity contribution is 7.80. The Hall–Kier alpha value is -3.39. The van der Waals surface area contributed by atoms with Crippen LogP contribution in [0.15, 0.2) is 59.8 Å². The number of urea groups is 1. The molecule has 1 aliphatic heterocycles. The van der Waals surface area contributed by atoms with Crippen LogP contribution in [-0.4, -0.2) is 35.7 Å². The van der Waals surface area contributed by atoms with Gasteiger partial charge in [-0.3, -0.25) is 0 Å². The third-order valence-electron chi connectivity index (χ3n) is 5.62. The lowest BCUT2D eigenvalue weighted by atomic mass is 9.95. The zero-order valence-corrected chi connectivity index (χ0v) is 21.1. The molecular weight excluding hydrogens is 448 g/mol. The monoisotopic (exact) mass is 480 g/mol. The van der Waals surface area contributed by atoms with Gasteiger partial charge in [-0.2, -0.15) is 0 Å². The number of amides is 2. The third kappa shape index (κ3) is 6.14. The number of carbonyl (C=O) groups is 2. The molecule has 34 heavy (non-hydrogen) atoms. The molecule has 7 nitrogen and oxygen atoms in total. The molecule has 0 aromatic heterocycles. The van der Waals surface area contributed by atoms with Crippen molar-refractivity contribution in [3.8, 4) is 0 Å². The van der Waals surface area contributed by atoms with E-state index in [1.165, 1.54) is 0 Å². The highest BCUT2D eigenvalue weighted by Gasteiger charge is 2.33. The molecule has 0 bridgehead atoms. The van der Waals surface area contributed by atoms with Crippen molar-refractivity contribution in [3.63, 3.8) is 0 Å². The van der Waals surface area contributed by atoms with Crippen LogP contribution in [0.2, 0.25) is 0 Å². The van der Waals surface area contributed by atoms with Gasteiger partial charge in [0.1, 0.15) is 0 Å². The molecule has 0 aliphatic carbocycles. The second kappa shape index (κ2) is 11.2. The Balaban J connectivity index is 1.75. The Bertz CT molecular complexity index is 1100. The zero-order chi connectivity index (χ0) is 24.8. The van der Waals surface area contributed by atoms with E-state index in [1.54, 1.807) is 17.0 Å². The van der Waals surface area contributed by atoms with Crippen molar-refractivity contribution in [3.05, 3.63) is 70.9 Å². The summed E-state index contributed by atoms with van der Waals surface area (Å²) in [5.74, 6) is -0.131. The minimum absolute atomic E-state index is 0.236. The van der Waals surface area contributed by atoms with Gasteiger partial charge in [-0.05, 0) is 66.9 Å². The van der Waals surface area contributed by atoms with Crippen molar-refractivity contribution in [1.29, 1.82) is 0 Å². The number of ether oxygens (including phenoxy) is 1. The molecule has 2 aromatic carbocycles. The summed E-state index contributed by atoms with van der Waals surface area (Å²) in [6.45, 7) is 8.26. The van der Waals surface area contributed by atoms with Crippen LogP contribution >= 0.6 is 12.2 Å². The van der Waals surface area contributed by atoms with E-state index in [1.807, 2.05) is 64.2 Å². The Morgan fingerprint density at radius 3 is 2.44 bits per heavy atom. The first-order valence-electron chi connectivity index (χ1n) is 11.4. The van der Waals surface area contributed by atoms with Crippen LogP contribution in [-0.2, 0) is 16.0 Å². The van der Waals surface area contributed by atoms with Gasteiger partial charge < -0.3 is 25.6 Å². The summed E-state index contributed by atoms with van der Waals surface area (Å²) in [4.78, 5) is 27.1. The molecular formula is C26H32N4O3S. The second-order valence-corrected chi connectivity index (χ2v) is 9.07. The number of nitrogens with zero attached hydrogens (tertiary/aromatic N) is 1. The maximum Gasteiger partial charge on any atom is 0.338 e. The summed E-state index contributed by atoms with van der Waals surface area (Å²) in [7, 11) is 1.82. The standard InChI is InChI=1S/C26H32N4O3S/c1-6-18-8-7-9-21(14-18)28-25(32)27-20-12-10-19(11-13-20)23-22(24(31)33-15-16(2)3)17(4)30(5)26(34)29-23/h7-14,16,23H,6,15H2,1-5H3,(H,29,34)(H2,27,28,32). The molecule has 0 saturated heterocycles. The van der Waals surface area contributed by atoms with Crippen molar-refractivity contribution < 1.29 is 14.3 Å². The number of allylic oxidation sites excluding steroid dienone is 1. The predicted molar refractivity (Wildman–Crippen MR) is 140 cm³/mol. The first-order chi connectivity index (χ1) is 16.2. The van der Waals surface area contributed by atoms with Crippen molar-refractivity contribution >= 4 is 40.7 Å². The molecule has 8 heteroatoms. The number of carbonyl (C=O) groups excluding carboxylic acids is 2. The van der Waals surface area contributed by atoms with Gasteiger partial charge in [-0.15, -0.1) is 0 Å². The van der Waals surface area contributed by atoms with Crippen LogP contribution in [0.4, 0.5) is 16.2 Å². The van der Waals surface area contributed by atoms with Gasteiger partial charge >= 0.3 is 12.0 Å². The van der Waals surface area contributed by atoms with Crippen LogP contribution in [0.25, 0.3) is 0 Å². The fraction of sp³-hybridized carbons (Fsp3) is 0.346. The largest absolute Gasteiger partial charge is 0.462 e. The summed E-state index contributed by atoms with van der Waals surface area (Å²) < 4.78 is 5.53. The Kier molecular flexibility index (Phi) is 8.28. The van der Waals surface area contributed by atoms with E-state index in [9.17, 15) is 9.59 Å². The Morgan fingerprint density at radius 2 is 1.79 bits per heavy atom. The number of aryl methyl sites for hydroxylation is 1. The van der Waals surface area contributed by atoms with Crippen LogP contribution in [0, 0.1) is 5.92 Å². The number of nitrogens with one attached hydrogen (secondary N) is 3. The van der Waals surface area contributed by atoms with E-state index in [4.69, 9.17) is 17.0 Å². The molecule has 1 aliphatic rings. The van der Waals surface area contributed by atoms with Crippen molar-refractivity contribution in [1.82, 2.24) is 10.2 Å². The predicted octanol–water partition coefficient (Wildman–Crippen LogP) is 5.23. The van der Waals surface area contributed by atoms with Gasteiger partial charge in [-0.1, -0.05) is 45.0 Å². The van der Waals surface area contributed by atoms with Gasteiger partial charge in [0.2, 0.25) is 0 Å². The van der Waals surface area contributed by atoms with E-state index in [2.05, 4.69) is 22.9 Å². The zero-order valence-electron chi connectivity index (χ0n) is 20.3. The lowest BCUT2D eigenvalue weighted by Gasteiger charge is -2.35. The molecule has 1 atom stereocenters. The first-order valence-corrected chi connectivity index (χ1v) is 11.8. The highest BCUT2D eigenvalue weighted by Crippen LogP contribution is 2.31. The van der Waals surface area contributed by atoms with E-state index >= 15 is 0 Å². The maximum absolute atomic E-state index is 12.9. The third-order valence-corrected chi connectivity index (χ3v) is 6.01. The van der Waals surface area contributed by atoms with Crippen LogP contribution < -0.4 is 16.0 Å². The summed E-state index contributed by atoms with van der Waals surface area (Å²) in [5.41, 5.74) is 4.63. The summed E-state index contributed by atoms with van der Waals surface area (Å²) in [6, 6.07) is 14.3. The molecule has 1 unspecified atom stereocenters. The normalized spacial score (nSPS) is 15.8. The van der Waals surface area contributed by atoms with Crippen LogP contribution in [0.5, 0.6) is 0 Å². The number of esters is 1. The van der Waals surface area contributed by atoms with Crippen molar-refractivity contribution in [2.45, 2.75) is 40.2 Å². The number of thiocarbonyl (C=S) groups is 1. The Morgan fingerprint density at radius 1 is 1.12 bits per heavy atom. The van der Waals surface area contributed by atoms with Gasteiger partial charge in [0, 0.05) is 24.1 Å². The molecule has 0 radical (unpaired) electrons. The van der Waals surface area contributed by atoms with E-state index in [-0.39, 0.29) is 17.9 Å². The number of anilines is 2. The molecule has 2 aromatic rings. The van der Waals surface area contributed by atoms with Crippen molar-refractivity contribution in [2.75, 3.05) is 24.3 Å². The maximum atomic E-state index is 12.9. The van der Waals surface area contributed by atoms with E-state index < -0.39 is 6.04 Å². The van der Waals surface area contributed by atoms with Gasteiger partial charge in [0.25, 0.3) is 0 Å². The SMILES string of the molecule is CCc1cccc(NC(=O)Nc2ccc(C3NC(=S)N(C)C(C)=C3C(=O)OCC(C)C)cc2)c1. The number of hydrogen-bond acceptors (Lipinski definition) is 4. The van der Waals surface area contributed by atoms with Crippen molar-refractivity contribution in [2.24, 2.45) is 5.92 Å². The number of hydrogen-bond donors (Lipinski definition) is 3. The molecule has 0 saturated carbocycles. The molecule has 2 amide bonds. The molecule has 3 N–H and O–H groups in total. The summed E-state index contributed by atoms with van der Waals surface area (Å²) in [6.07, 6.45) is 0.897. The minimum Gasteiger partial charge on any atom is -0.462 e. The summed E-state index contributed by atoms with van der Waals surface area (Å²) in [5, 5.41) is 9.45. The van der Waals surface area contributed by atoms with Crippen LogP contribution in [0.3, 0.4) is 0 Å². The fourth-order valence-electron chi connectivity index (χ4n) is 3.59. The van der Waals surface area contributed by atoms with Gasteiger partial charge in [-0.25, -0.2) is 9.59 Å². The smallest absolute Gasteiger partial charge is 0.338 e. The molecule has 0 fully saturated rings. The van der Waals surface area contributed by atoms with Crippen LogP contribution in [0.1, 0.15) is 44.9 Å². The fourth-order valence-corrected chi connectivity index (χ4v) is 3.85. The lowest BCUT2D eigenvalue weighted by Crippen LogP contribution is -2.46. The molecule has 3 rings (SSSR count). The Labute approximate surface area is 206 Å². The lowest BCUT2D eigenvalue weighted by molar-refractivity contribution is -0.140. The highest BCUT2D eigenvalue weighted by atomic mass is 32.1. The number of rotatable bonds is 7. The summed E-state index contributed by atoms with van der Waals surface area (Å²) >= 11 is 5.45. The average Bonchev–Trinajstić information content (AvgIpc) is 2.81. The number of benzene rings is 2. The molecule has 0 spiro atoms. The average molecular weight is 481 g/mol.